The number of hydrogen-bond acceptors (Lipinski definition) is 5. The van der Waals surface area contributed by atoms with Gasteiger partial charge in [0.1, 0.15) is 5.75 Å². The van der Waals surface area contributed by atoms with Crippen molar-refractivity contribution in [2.75, 3.05) is 13.2 Å². The van der Waals surface area contributed by atoms with E-state index in [4.69, 9.17) is 15.3 Å². The van der Waals surface area contributed by atoms with Gasteiger partial charge >= 0.3 is 0 Å². The lowest BCUT2D eigenvalue weighted by Crippen LogP contribution is -2.36. The minimum absolute atomic E-state index is 0.0248. The smallest absolute Gasteiger partial charge is 0.137 e. The molecule has 2 atom stereocenters. The third-order valence-corrected chi connectivity index (χ3v) is 2.64. The Balaban J connectivity index is 2.78. The molecule has 0 aliphatic rings. The zero-order chi connectivity index (χ0) is 13.4. The van der Waals surface area contributed by atoms with Crippen molar-refractivity contribution < 1.29 is 9.47 Å². The van der Waals surface area contributed by atoms with Gasteiger partial charge in [0.05, 0.1) is 24.9 Å². The molecule has 1 rings (SSSR count). The summed E-state index contributed by atoms with van der Waals surface area (Å²) in [6, 6.07) is 1.85. The van der Waals surface area contributed by atoms with Gasteiger partial charge in [-0.1, -0.05) is 6.92 Å². The molecule has 0 radical (unpaired) electrons. The van der Waals surface area contributed by atoms with Gasteiger partial charge in [-0.3, -0.25) is 16.3 Å². The van der Waals surface area contributed by atoms with Crippen LogP contribution in [0.15, 0.2) is 18.5 Å². The van der Waals surface area contributed by atoms with Crippen molar-refractivity contribution in [3.63, 3.8) is 0 Å². The van der Waals surface area contributed by atoms with Crippen molar-refractivity contribution in [1.29, 1.82) is 0 Å². The number of pyridine rings is 1. The fourth-order valence-corrected chi connectivity index (χ4v) is 1.77. The molecule has 102 valence electrons. The molecule has 0 bridgehead atoms. The molecule has 0 saturated carbocycles. The van der Waals surface area contributed by atoms with Crippen LogP contribution in [0.4, 0.5) is 0 Å². The van der Waals surface area contributed by atoms with Crippen LogP contribution in [-0.4, -0.2) is 24.3 Å². The van der Waals surface area contributed by atoms with Crippen molar-refractivity contribution in [1.82, 2.24) is 10.4 Å². The van der Waals surface area contributed by atoms with E-state index in [2.05, 4.69) is 17.3 Å². The first kappa shape index (κ1) is 14.9. The van der Waals surface area contributed by atoms with E-state index in [-0.39, 0.29) is 12.1 Å². The van der Waals surface area contributed by atoms with Crippen LogP contribution in [0.1, 0.15) is 38.8 Å². The number of nitrogens with one attached hydrogen (secondary N) is 1. The summed E-state index contributed by atoms with van der Waals surface area (Å²) in [6.45, 7) is 7.35. The summed E-state index contributed by atoms with van der Waals surface area (Å²) in [6.07, 6.45) is 4.43. The standard InChI is InChI=1S/C13H23N3O2/c1-4-6-18-12-7-11(8-15-9-12)13(16-14)10(3)17-5-2/h7-10,13,16H,4-6,14H2,1-3H3. The lowest BCUT2D eigenvalue weighted by molar-refractivity contribution is 0.0471. The van der Waals surface area contributed by atoms with Gasteiger partial charge in [0.2, 0.25) is 0 Å². The second kappa shape index (κ2) is 8.02. The average molecular weight is 253 g/mol. The van der Waals surface area contributed by atoms with Gasteiger partial charge in [-0.05, 0) is 31.9 Å². The summed E-state index contributed by atoms with van der Waals surface area (Å²) >= 11 is 0. The average Bonchev–Trinajstić information content (AvgIpc) is 2.38. The number of nitrogens with zero attached hydrogens (tertiary/aromatic N) is 1. The number of nitrogens with two attached hydrogens (primary N) is 1. The SMILES string of the molecule is CCCOc1cncc(C(NN)C(C)OCC)c1. The van der Waals surface area contributed by atoms with Crippen LogP contribution >= 0.6 is 0 Å². The van der Waals surface area contributed by atoms with Crippen LogP contribution in [0.2, 0.25) is 0 Å². The Kier molecular flexibility index (Phi) is 6.64. The van der Waals surface area contributed by atoms with Gasteiger partial charge in [-0.15, -0.1) is 0 Å². The number of hydrazine groups is 1. The lowest BCUT2D eigenvalue weighted by atomic mass is 10.1. The molecule has 0 aromatic carbocycles. The Bertz CT molecular complexity index is 347. The molecule has 2 unspecified atom stereocenters. The second-order valence-electron chi connectivity index (χ2n) is 4.11. The maximum absolute atomic E-state index is 5.59. The maximum Gasteiger partial charge on any atom is 0.137 e. The third-order valence-electron chi connectivity index (χ3n) is 2.64. The highest BCUT2D eigenvalue weighted by atomic mass is 16.5. The van der Waals surface area contributed by atoms with Crippen LogP contribution in [0.25, 0.3) is 0 Å². The second-order valence-corrected chi connectivity index (χ2v) is 4.11. The van der Waals surface area contributed by atoms with E-state index >= 15 is 0 Å². The van der Waals surface area contributed by atoms with Crippen molar-refractivity contribution in [2.24, 2.45) is 5.84 Å². The zero-order valence-corrected chi connectivity index (χ0v) is 11.3. The maximum atomic E-state index is 5.59. The molecule has 0 aliphatic heterocycles. The van der Waals surface area contributed by atoms with Crippen molar-refractivity contribution >= 4 is 0 Å². The van der Waals surface area contributed by atoms with Gasteiger partial charge in [0.25, 0.3) is 0 Å². The third kappa shape index (κ3) is 4.25. The number of aromatic nitrogens is 1. The first-order valence-electron chi connectivity index (χ1n) is 6.38. The Morgan fingerprint density at radius 1 is 1.39 bits per heavy atom. The van der Waals surface area contributed by atoms with E-state index in [1.54, 1.807) is 12.4 Å². The van der Waals surface area contributed by atoms with Crippen LogP contribution in [0.3, 0.4) is 0 Å². The first-order valence-corrected chi connectivity index (χ1v) is 6.38. The molecule has 5 heteroatoms. The number of ether oxygens (including phenoxy) is 2. The molecule has 1 aromatic heterocycles. The quantitative estimate of drug-likeness (QED) is 0.546. The van der Waals surface area contributed by atoms with Gasteiger partial charge in [0, 0.05) is 12.8 Å². The van der Waals surface area contributed by atoms with Crippen LogP contribution in [0.5, 0.6) is 5.75 Å². The molecule has 0 amide bonds. The fraction of sp³-hybridized carbons (Fsp3) is 0.615. The summed E-state index contributed by atoms with van der Waals surface area (Å²) in [4.78, 5) is 4.17. The molecular weight excluding hydrogens is 230 g/mol. The highest BCUT2D eigenvalue weighted by Crippen LogP contribution is 2.21. The zero-order valence-electron chi connectivity index (χ0n) is 11.3. The summed E-state index contributed by atoms with van der Waals surface area (Å²) in [5, 5.41) is 0. The van der Waals surface area contributed by atoms with Crippen LogP contribution in [-0.2, 0) is 4.74 Å². The lowest BCUT2D eigenvalue weighted by Gasteiger charge is -2.23. The highest BCUT2D eigenvalue weighted by molar-refractivity contribution is 5.26. The van der Waals surface area contributed by atoms with E-state index in [1.165, 1.54) is 0 Å². The van der Waals surface area contributed by atoms with Gasteiger partial charge < -0.3 is 9.47 Å². The summed E-state index contributed by atoms with van der Waals surface area (Å²) in [5.74, 6) is 6.35. The number of rotatable bonds is 8. The Labute approximate surface area is 109 Å². The molecule has 1 aromatic rings. The predicted molar refractivity (Wildman–Crippen MR) is 71.2 cm³/mol. The van der Waals surface area contributed by atoms with Gasteiger partial charge in [-0.2, -0.15) is 0 Å². The monoisotopic (exact) mass is 253 g/mol. The summed E-state index contributed by atoms with van der Waals surface area (Å²) in [7, 11) is 0. The van der Waals surface area contributed by atoms with Crippen LogP contribution < -0.4 is 16.0 Å². The van der Waals surface area contributed by atoms with E-state index in [9.17, 15) is 0 Å². The van der Waals surface area contributed by atoms with E-state index < -0.39 is 0 Å². The largest absolute Gasteiger partial charge is 0.492 e. The number of hydrogen-bond donors (Lipinski definition) is 2. The van der Waals surface area contributed by atoms with Crippen molar-refractivity contribution in [3.05, 3.63) is 24.0 Å². The molecule has 0 saturated heterocycles. The molecule has 0 spiro atoms. The minimum Gasteiger partial charge on any atom is -0.492 e. The Hall–Kier alpha value is -1.17. The molecule has 0 aliphatic carbocycles. The Morgan fingerprint density at radius 2 is 2.17 bits per heavy atom. The van der Waals surface area contributed by atoms with E-state index in [0.717, 1.165) is 17.7 Å². The van der Waals surface area contributed by atoms with E-state index in [1.807, 2.05) is 19.9 Å². The summed E-state index contributed by atoms with van der Waals surface area (Å²) in [5.41, 5.74) is 3.73. The van der Waals surface area contributed by atoms with Crippen molar-refractivity contribution in [2.45, 2.75) is 39.3 Å². The van der Waals surface area contributed by atoms with Gasteiger partial charge in [0.15, 0.2) is 0 Å². The van der Waals surface area contributed by atoms with Crippen molar-refractivity contribution in [3.8, 4) is 5.75 Å². The minimum atomic E-state index is -0.0948. The molecule has 1 heterocycles. The molecular formula is C13H23N3O2. The first-order chi connectivity index (χ1) is 8.72. The predicted octanol–water partition coefficient (Wildman–Crippen LogP) is 1.80. The van der Waals surface area contributed by atoms with Crippen LogP contribution in [0, 0.1) is 0 Å². The topological polar surface area (TPSA) is 69.4 Å². The van der Waals surface area contributed by atoms with E-state index in [0.29, 0.717) is 13.2 Å². The fourth-order valence-electron chi connectivity index (χ4n) is 1.77. The molecule has 3 N–H and O–H groups in total. The summed E-state index contributed by atoms with van der Waals surface area (Å²) < 4.78 is 11.1. The Morgan fingerprint density at radius 3 is 2.78 bits per heavy atom. The normalized spacial score (nSPS) is 14.2. The van der Waals surface area contributed by atoms with Gasteiger partial charge in [-0.25, -0.2) is 0 Å². The molecule has 18 heavy (non-hydrogen) atoms. The highest BCUT2D eigenvalue weighted by Gasteiger charge is 2.19. The molecule has 5 nitrogen and oxygen atoms in total. The molecule has 0 fully saturated rings.